The Balaban J connectivity index is 1.46. The molecule has 8 rings (SSSR count). The Bertz CT molecular complexity index is 1870. The van der Waals surface area contributed by atoms with Gasteiger partial charge in [0.2, 0.25) is 0 Å². The highest BCUT2D eigenvalue weighted by molar-refractivity contribution is 7.99. The van der Waals surface area contributed by atoms with E-state index in [1.165, 1.54) is 75.5 Å². The lowest BCUT2D eigenvalue weighted by Crippen LogP contribution is -1.97. The minimum atomic E-state index is 1.11. The molecule has 35 heavy (non-hydrogen) atoms. The van der Waals surface area contributed by atoms with Crippen LogP contribution in [-0.4, -0.2) is 0 Å². The number of fused-ring (bicyclic) bond motifs is 6. The van der Waals surface area contributed by atoms with Crippen LogP contribution in [0.3, 0.4) is 0 Å². The van der Waals surface area contributed by atoms with Crippen LogP contribution < -0.4 is 0 Å². The van der Waals surface area contributed by atoms with Crippen molar-refractivity contribution < 1.29 is 0 Å². The van der Waals surface area contributed by atoms with Crippen molar-refractivity contribution in [1.29, 1.82) is 0 Å². The van der Waals surface area contributed by atoms with Crippen LogP contribution in [0.4, 0.5) is 0 Å². The minimum Gasteiger partial charge on any atom is -0.0888 e. The Labute approximate surface area is 208 Å². The van der Waals surface area contributed by atoms with E-state index in [1.807, 2.05) is 11.8 Å². The summed E-state index contributed by atoms with van der Waals surface area (Å²) in [4.78, 5) is 2.70. The monoisotopic (exact) mass is 462 g/mol. The second kappa shape index (κ2) is 7.34. The van der Waals surface area contributed by atoms with E-state index >= 15 is 0 Å². The zero-order chi connectivity index (χ0) is 22.9. The van der Waals surface area contributed by atoms with E-state index in [4.69, 9.17) is 0 Å². The summed E-state index contributed by atoms with van der Waals surface area (Å²) in [5, 5.41) is 8.11. The number of hydrogen-bond acceptors (Lipinski definition) is 1. The van der Waals surface area contributed by atoms with Crippen LogP contribution in [0.15, 0.2) is 113 Å². The number of allylic oxidation sites excluding steroid dienone is 1. The van der Waals surface area contributed by atoms with Crippen LogP contribution in [0.1, 0.15) is 17.5 Å². The van der Waals surface area contributed by atoms with Gasteiger partial charge in [-0.3, -0.25) is 0 Å². The van der Waals surface area contributed by atoms with Crippen molar-refractivity contribution in [2.45, 2.75) is 22.6 Å². The average Bonchev–Trinajstić information content (AvgIpc) is 2.92. The maximum absolute atomic E-state index is 2.44. The molecular weight excluding hydrogens is 440 g/mol. The predicted molar refractivity (Wildman–Crippen MR) is 151 cm³/mol. The summed E-state index contributed by atoms with van der Waals surface area (Å²) in [7, 11) is 0. The van der Waals surface area contributed by atoms with Crippen LogP contribution in [-0.2, 0) is 6.42 Å². The molecule has 0 saturated heterocycles. The van der Waals surface area contributed by atoms with E-state index in [2.05, 4.69) is 109 Å². The molecule has 1 heterocycles. The molecule has 6 aromatic rings. The summed E-state index contributed by atoms with van der Waals surface area (Å²) in [6, 6.07) is 36.4. The fraction of sp³-hybridized carbons (Fsp3) is 0.0588. The van der Waals surface area contributed by atoms with E-state index in [-0.39, 0.29) is 0 Å². The first kappa shape index (κ1) is 19.5. The molecule has 1 aliphatic heterocycles. The fourth-order valence-corrected chi connectivity index (χ4v) is 7.25. The van der Waals surface area contributed by atoms with Crippen molar-refractivity contribution in [1.82, 2.24) is 0 Å². The topological polar surface area (TPSA) is 0 Å². The van der Waals surface area contributed by atoms with E-state index in [1.54, 1.807) is 0 Å². The lowest BCUT2D eigenvalue weighted by atomic mass is 9.85. The van der Waals surface area contributed by atoms with E-state index < -0.39 is 0 Å². The molecule has 0 aromatic heterocycles. The van der Waals surface area contributed by atoms with Gasteiger partial charge in [0.05, 0.1) is 0 Å². The molecule has 0 N–H and O–H groups in total. The molecule has 164 valence electrons. The molecule has 0 nitrogen and oxygen atoms in total. The van der Waals surface area contributed by atoms with Gasteiger partial charge < -0.3 is 0 Å². The third kappa shape index (κ3) is 2.82. The van der Waals surface area contributed by atoms with Gasteiger partial charge in [0.25, 0.3) is 0 Å². The Kier molecular flexibility index (Phi) is 4.09. The highest BCUT2D eigenvalue weighted by Crippen LogP contribution is 2.49. The number of rotatable bonds is 1. The molecule has 0 bridgehead atoms. The largest absolute Gasteiger partial charge is 0.0888 e. The Hall–Kier alpha value is -3.81. The second-order valence-corrected chi connectivity index (χ2v) is 10.7. The van der Waals surface area contributed by atoms with Gasteiger partial charge in [-0.1, -0.05) is 96.7 Å². The number of benzene rings is 6. The molecular formula is C34H22S. The van der Waals surface area contributed by atoms with Gasteiger partial charge in [-0.15, -0.1) is 0 Å². The van der Waals surface area contributed by atoms with Gasteiger partial charge in [-0.25, -0.2) is 0 Å². The van der Waals surface area contributed by atoms with E-state index in [0.717, 1.165) is 12.8 Å². The standard InChI is InChI=1S/C34H22S/c1-3-11-25-21(7-1)15-17-28-29(25)19-23-8-2-4-12-26(23)33(28)24-16-18-31-30(20-24)27-13-5-9-22-10-6-14-32(35-31)34(22)27/h1-2,4-10,12-20H,3,11H2. The molecule has 0 saturated carbocycles. The summed E-state index contributed by atoms with van der Waals surface area (Å²) < 4.78 is 0. The fourth-order valence-electron chi connectivity index (χ4n) is 6.12. The van der Waals surface area contributed by atoms with E-state index in [9.17, 15) is 0 Å². The van der Waals surface area contributed by atoms with Crippen LogP contribution in [0.25, 0.3) is 60.6 Å². The lowest BCUT2D eigenvalue weighted by molar-refractivity contribution is 0.998. The van der Waals surface area contributed by atoms with Crippen LogP contribution in [0, 0.1) is 0 Å². The molecule has 0 atom stereocenters. The zero-order valence-corrected chi connectivity index (χ0v) is 20.0. The first-order chi connectivity index (χ1) is 17.3. The first-order valence-corrected chi connectivity index (χ1v) is 13.2. The number of aryl methyl sites for hydroxylation is 1. The van der Waals surface area contributed by atoms with Gasteiger partial charge in [0, 0.05) is 15.2 Å². The highest BCUT2D eigenvalue weighted by Gasteiger charge is 2.21. The molecule has 0 spiro atoms. The third-order valence-electron chi connectivity index (χ3n) is 7.70. The quantitative estimate of drug-likeness (QED) is 0.219. The Morgan fingerprint density at radius 3 is 2.46 bits per heavy atom. The van der Waals surface area contributed by atoms with Crippen LogP contribution in [0.2, 0.25) is 0 Å². The molecule has 1 aliphatic carbocycles. The van der Waals surface area contributed by atoms with Crippen molar-refractivity contribution in [3.05, 3.63) is 114 Å². The van der Waals surface area contributed by atoms with Crippen molar-refractivity contribution in [2.75, 3.05) is 0 Å². The smallest absolute Gasteiger partial charge is 0.0207 e. The summed E-state index contributed by atoms with van der Waals surface area (Å²) in [5.74, 6) is 0. The maximum atomic E-state index is 2.44. The Morgan fingerprint density at radius 2 is 1.49 bits per heavy atom. The molecule has 6 aromatic carbocycles. The summed E-state index contributed by atoms with van der Waals surface area (Å²) >= 11 is 1.90. The minimum absolute atomic E-state index is 1.11. The van der Waals surface area contributed by atoms with Crippen LogP contribution in [0.5, 0.6) is 0 Å². The SMILES string of the molecule is C1=Cc2ccc3c(-c4ccc5c(c4)-c4cccc6cccc(c46)S5)c4ccccc4cc3c2CC1. The molecule has 0 fully saturated rings. The van der Waals surface area contributed by atoms with Gasteiger partial charge in [-0.2, -0.15) is 0 Å². The first-order valence-electron chi connectivity index (χ1n) is 12.3. The second-order valence-electron chi connectivity index (χ2n) is 9.62. The van der Waals surface area contributed by atoms with Crippen molar-refractivity contribution in [3.63, 3.8) is 0 Å². The molecule has 1 heteroatoms. The predicted octanol–water partition coefficient (Wildman–Crippen LogP) is 9.90. The number of hydrogen-bond donors (Lipinski definition) is 0. The average molecular weight is 463 g/mol. The molecule has 0 radical (unpaired) electrons. The normalized spacial score (nSPS) is 13.8. The van der Waals surface area contributed by atoms with Gasteiger partial charge in [-0.05, 0) is 97.4 Å². The molecule has 0 unspecified atom stereocenters. The molecule has 0 amide bonds. The summed E-state index contributed by atoms with van der Waals surface area (Å²) in [6.07, 6.45) is 6.82. The highest BCUT2D eigenvalue weighted by atomic mass is 32.2. The van der Waals surface area contributed by atoms with E-state index in [0.29, 0.717) is 0 Å². The summed E-state index contributed by atoms with van der Waals surface area (Å²) in [6.45, 7) is 0. The third-order valence-corrected chi connectivity index (χ3v) is 8.83. The maximum Gasteiger partial charge on any atom is 0.0207 e. The summed E-state index contributed by atoms with van der Waals surface area (Å²) in [5.41, 5.74) is 8.21. The van der Waals surface area contributed by atoms with Gasteiger partial charge in [0.15, 0.2) is 0 Å². The van der Waals surface area contributed by atoms with Crippen molar-refractivity contribution >= 4 is 50.2 Å². The van der Waals surface area contributed by atoms with Gasteiger partial charge in [0.1, 0.15) is 0 Å². The van der Waals surface area contributed by atoms with Crippen molar-refractivity contribution in [3.8, 4) is 22.3 Å². The van der Waals surface area contributed by atoms with Crippen molar-refractivity contribution in [2.24, 2.45) is 0 Å². The lowest BCUT2D eigenvalue weighted by Gasteiger charge is -2.22. The zero-order valence-electron chi connectivity index (χ0n) is 19.2. The van der Waals surface area contributed by atoms with Crippen LogP contribution >= 0.6 is 11.8 Å². The molecule has 2 aliphatic rings. The van der Waals surface area contributed by atoms with Gasteiger partial charge >= 0.3 is 0 Å². The Morgan fingerprint density at radius 1 is 0.600 bits per heavy atom.